The first-order valence-electron chi connectivity index (χ1n) is 23.4. The van der Waals surface area contributed by atoms with Gasteiger partial charge in [0.25, 0.3) is 11.5 Å². The molecule has 7 rings (SSSR count). The summed E-state index contributed by atoms with van der Waals surface area (Å²) in [6, 6.07) is 24.0. The number of anilines is 2. The number of piperidine rings is 1. The van der Waals surface area contributed by atoms with Crippen LogP contribution in [0.4, 0.5) is 28.9 Å². The van der Waals surface area contributed by atoms with Crippen molar-refractivity contribution in [1.82, 2.24) is 24.5 Å². The van der Waals surface area contributed by atoms with Crippen molar-refractivity contribution in [3.05, 3.63) is 124 Å². The number of pyridine rings is 1. The number of aryl methyl sites for hydroxylation is 2. The molecule has 1 amide bonds. The molecule has 0 unspecified atom stereocenters. The summed E-state index contributed by atoms with van der Waals surface area (Å²) in [4.78, 5) is 26.9. The molecule has 0 aliphatic carbocycles. The molecule has 15 nitrogen and oxygen atoms in total. The summed E-state index contributed by atoms with van der Waals surface area (Å²) in [5, 5.41) is 13.7. The average Bonchev–Trinajstić information content (AvgIpc) is 3.87. The molecule has 0 radical (unpaired) electrons. The number of amides is 1. The number of halogens is 4. The van der Waals surface area contributed by atoms with E-state index in [0.717, 1.165) is 39.2 Å². The van der Waals surface area contributed by atoms with Crippen LogP contribution in [0.3, 0.4) is 0 Å². The summed E-state index contributed by atoms with van der Waals surface area (Å²) in [5.74, 6) is 7.36. The zero-order valence-electron chi connectivity index (χ0n) is 40.0. The maximum atomic E-state index is 14.8. The lowest BCUT2D eigenvalue weighted by Gasteiger charge is -2.33. The van der Waals surface area contributed by atoms with E-state index in [0.29, 0.717) is 106 Å². The van der Waals surface area contributed by atoms with Crippen LogP contribution in [0, 0.1) is 25.7 Å². The van der Waals surface area contributed by atoms with Gasteiger partial charge in [0.2, 0.25) is 0 Å². The van der Waals surface area contributed by atoms with Gasteiger partial charge in [0.05, 0.1) is 75.7 Å². The minimum atomic E-state index is -4.46. The van der Waals surface area contributed by atoms with Crippen molar-refractivity contribution in [3.63, 3.8) is 0 Å². The Bertz CT molecular complexity index is 2780. The largest absolute Gasteiger partial charge is 0.491 e. The number of aromatic nitrogens is 3. The van der Waals surface area contributed by atoms with Crippen molar-refractivity contribution in [2.24, 2.45) is 0 Å². The predicted octanol–water partition coefficient (Wildman–Crippen LogP) is 7.23. The van der Waals surface area contributed by atoms with Crippen molar-refractivity contribution in [1.29, 1.82) is 0 Å². The summed E-state index contributed by atoms with van der Waals surface area (Å²) in [6.45, 7) is 6.54. The van der Waals surface area contributed by atoms with Crippen LogP contribution in [-0.4, -0.2) is 130 Å². The van der Waals surface area contributed by atoms with Crippen LogP contribution in [0.2, 0.25) is 0 Å². The van der Waals surface area contributed by atoms with E-state index in [4.69, 9.17) is 28.2 Å². The average molecular weight is 986 g/mol. The Morgan fingerprint density at radius 1 is 0.887 bits per heavy atom. The van der Waals surface area contributed by atoms with Gasteiger partial charge in [-0.15, -0.1) is 0 Å². The maximum absolute atomic E-state index is 14.8. The summed E-state index contributed by atoms with van der Waals surface area (Å²) < 4.78 is 92.0. The van der Waals surface area contributed by atoms with Crippen LogP contribution < -0.4 is 31.0 Å². The minimum absolute atomic E-state index is 0.153. The first-order valence-corrected chi connectivity index (χ1v) is 23.4. The number of fused-ring (bicyclic) bond motifs is 1. The van der Waals surface area contributed by atoms with Gasteiger partial charge in [-0.05, 0) is 99.5 Å². The molecule has 0 saturated carbocycles. The number of nitrogens with zero attached hydrogens (tertiary/aromatic N) is 4. The Kier molecular flexibility index (Phi) is 18.5. The standard InChI is InChI=1S/C52H59F4N7O8/c1-36-51(37(2)71-60-36)39-12-17-50(65)62(32-39)31-38-7-4-9-43(29-38)70-34-49(64)58-20-22-66-23-24-67-25-26-68-27-28-69-42-15-13-40(14-16-42)57-19-6-8-41-30-44-46(59-47-18-21-61(3)33-45(47)53)10-5-11-48(44)63(41)35-52(54,55)56/h4-5,7,9-17,29-30,32,45,47,57,59H,18-28,31,33-35H2,1-3H3,(H,58,64)/t45-,47+/m0/s1. The number of alkyl halides is 4. The summed E-state index contributed by atoms with van der Waals surface area (Å²) in [7, 11) is 1.86. The third-order valence-corrected chi connectivity index (χ3v) is 11.6. The zero-order valence-corrected chi connectivity index (χ0v) is 40.0. The number of ether oxygens (including phenoxy) is 5. The van der Waals surface area contributed by atoms with Crippen molar-refractivity contribution in [3.8, 4) is 34.5 Å². The van der Waals surface area contributed by atoms with Gasteiger partial charge in [0.1, 0.15) is 36.6 Å². The molecule has 378 valence electrons. The highest BCUT2D eigenvalue weighted by atomic mass is 19.4. The summed E-state index contributed by atoms with van der Waals surface area (Å²) in [6.07, 6.45) is -3.21. The molecule has 3 aromatic heterocycles. The zero-order chi connectivity index (χ0) is 50.2. The number of hydrogen-bond acceptors (Lipinski definition) is 12. The number of rotatable bonds is 24. The third-order valence-electron chi connectivity index (χ3n) is 11.6. The molecule has 71 heavy (non-hydrogen) atoms. The molecule has 1 aliphatic rings. The lowest BCUT2D eigenvalue weighted by atomic mass is 10.0. The minimum Gasteiger partial charge on any atom is -0.491 e. The van der Waals surface area contributed by atoms with Gasteiger partial charge in [-0.2, -0.15) is 13.2 Å². The van der Waals surface area contributed by atoms with Gasteiger partial charge in [-0.25, -0.2) is 4.39 Å². The SMILES string of the molecule is Cc1noc(C)c1-c1ccc(=O)n(Cc2cccc(OCC(=O)NCCOCCOCCOCCOc3ccc(NCC#Cc4cc5c(N[C@@H]6CCN(C)C[C@@H]6F)cccc5n4CC(F)(F)F)cc3)c2)c1. The van der Waals surface area contributed by atoms with Crippen LogP contribution >= 0.6 is 0 Å². The summed E-state index contributed by atoms with van der Waals surface area (Å²) >= 11 is 0. The van der Waals surface area contributed by atoms with Crippen molar-refractivity contribution in [2.45, 2.75) is 51.7 Å². The van der Waals surface area contributed by atoms with Gasteiger partial charge >= 0.3 is 6.18 Å². The number of nitrogens with one attached hydrogen (secondary N) is 3. The molecule has 3 aromatic carbocycles. The van der Waals surface area contributed by atoms with E-state index >= 15 is 0 Å². The smallest absolute Gasteiger partial charge is 0.406 e. The molecule has 6 aromatic rings. The quantitative estimate of drug-likeness (QED) is 0.0319. The monoisotopic (exact) mass is 985 g/mol. The van der Waals surface area contributed by atoms with E-state index in [9.17, 15) is 27.2 Å². The lowest BCUT2D eigenvalue weighted by molar-refractivity contribution is -0.140. The highest BCUT2D eigenvalue weighted by molar-refractivity contribution is 5.94. The Hall–Kier alpha value is -6.85. The molecule has 19 heteroatoms. The van der Waals surface area contributed by atoms with Gasteiger partial charge in [0.15, 0.2) is 6.61 Å². The van der Waals surface area contributed by atoms with Crippen molar-refractivity contribution < 1.29 is 50.6 Å². The fraction of sp³-hybridized carbons (Fsp3) is 0.404. The Labute approximate surface area is 409 Å². The number of benzene rings is 3. The fourth-order valence-corrected chi connectivity index (χ4v) is 8.08. The molecule has 1 fully saturated rings. The Morgan fingerprint density at radius 3 is 2.37 bits per heavy atom. The normalized spacial score (nSPS) is 15.0. The lowest BCUT2D eigenvalue weighted by Crippen LogP contribution is -2.46. The van der Waals surface area contributed by atoms with E-state index < -0.39 is 24.9 Å². The second-order valence-corrected chi connectivity index (χ2v) is 17.0. The second-order valence-electron chi connectivity index (χ2n) is 17.0. The van der Waals surface area contributed by atoms with Crippen molar-refractivity contribution >= 4 is 28.2 Å². The fourth-order valence-electron chi connectivity index (χ4n) is 8.08. The highest BCUT2D eigenvalue weighted by Crippen LogP contribution is 2.32. The molecular formula is C52H59F4N7O8. The van der Waals surface area contributed by atoms with Gasteiger partial charge in [-0.1, -0.05) is 29.3 Å². The van der Waals surface area contributed by atoms with Crippen LogP contribution in [0.5, 0.6) is 11.5 Å². The maximum Gasteiger partial charge on any atom is 0.406 e. The van der Waals surface area contributed by atoms with Gasteiger partial charge in [0, 0.05) is 59.8 Å². The predicted molar refractivity (Wildman–Crippen MR) is 262 cm³/mol. The van der Waals surface area contributed by atoms with Gasteiger partial charge in [-0.3, -0.25) is 9.59 Å². The molecule has 1 aliphatic heterocycles. The molecule has 1 saturated heterocycles. The van der Waals surface area contributed by atoms with Crippen LogP contribution in [0.25, 0.3) is 22.0 Å². The summed E-state index contributed by atoms with van der Waals surface area (Å²) in [5.41, 5.74) is 5.04. The highest BCUT2D eigenvalue weighted by Gasteiger charge is 2.31. The van der Waals surface area contributed by atoms with Crippen LogP contribution in [0.1, 0.15) is 29.1 Å². The van der Waals surface area contributed by atoms with Crippen molar-refractivity contribution in [2.75, 3.05) is 96.7 Å². The third kappa shape index (κ3) is 15.6. The van der Waals surface area contributed by atoms with Gasteiger partial charge < -0.3 is 58.2 Å². The number of hydrogen-bond donors (Lipinski definition) is 3. The topological polar surface area (TPSA) is 156 Å². The molecule has 2 atom stereocenters. The Morgan fingerprint density at radius 2 is 1.63 bits per heavy atom. The molecular weight excluding hydrogens is 927 g/mol. The number of carbonyl (C=O) groups is 1. The van der Waals surface area contributed by atoms with E-state index in [1.54, 1.807) is 65.4 Å². The molecule has 0 spiro atoms. The van der Waals surface area contributed by atoms with E-state index in [1.807, 2.05) is 50.1 Å². The van der Waals surface area contributed by atoms with Crippen LogP contribution in [-0.2, 0) is 32.1 Å². The van der Waals surface area contributed by atoms with E-state index in [1.165, 1.54) is 6.07 Å². The number of carbonyl (C=O) groups excluding carboxylic acids is 1. The molecule has 0 bridgehead atoms. The van der Waals surface area contributed by atoms with E-state index in [-0.39, 0.29) is 30.3 Å². The van der Waals surface area contributed by atoms with E-state index in [2.05, 4.69) is 32.9 Å². The molecule has 4 heterocycles. The second kappa shape index (κ2) is 25.3. The number of likely N-dealkylation sites (tertiary alicyclic amines) is 1. The molecule has 3 N–H and O–H groups in total. The first kappa shape index (κ1) is 52.0. The first-order chi connectivity index (χ1) is 34.3. The Balaban J connectivity index is 0.718. The van der Waals surface area contributed by atoms with Crippen LogP contribution in [0.15, 0.2) is 100 Å².